The lowest BCUT2D eigenvalue weighted by atomic mass is 10.0. The van der Waals surface area contributed by atoms with Gasteiger partial charge >= 0.3 is 0 Å². The molecule has 0 radical (unpaired) electrons. The molecule has 8 heteroatoms. The fourth-order valence-electron chi connectivity index (χ4n) is 3.78. The summed E-state index contributed by atoms with van der Waals surface area (Å²) in [4.78, 5) is 19.1. The number of nitrogens with zero attached hydrogens (tertiary/aromatic N) is 4. The molecular weight excluding hydrogens is 366 g/mol. The van der Waals surface area contributed by atoms with E-state index >= 15 is 0 Å². The zero-order valence-electron chi connectivity index (χ0n) is 14.6. The Bertz CT molecular complexity index is 1030. The molecule has 0 aliphatic carbocycles. The van der Waals surface area contributed by atoms with Crippen LogP contribution in [0.15, 0.2) is 36.7 Å². The van der Waals surface area contributed by atoms with Crippen molar-refractivity contribution in [1.82, 2.24) is 24.8 Å². The molecule has 3 aromatic rings. The number of hydrogen-bond donors (Lipinski definition) is 1. The average Bonchev–Trinajstić information content (AvgIpc) is 3.34. The van der Waals surface area contributed by atoms with Crippen LogP contribution in [0, 0.1) is 0 Å². The maximum absolute atomic E-state index is 12.9. The number of fused-ring (bicyclic) bond motifs is 2. The number of carbonyl (C=O) groups excluding carboxylic acids is 1. The number of amides is 1. The highest BCUT2D eigenvalue weighted by Gasteiger charge is 2.35. The number of hydrogen-bond acceptors (Lipinski definition) is 5. The number of piperazine rings is 1. The molecule has 1 N–H and O–H groups in total. The van der Waals surface area contributed by atoms with Crippen molar-refractivity contribution in [2.75, 3.05) is 26.2 Å². The molecule has 1 atom stereocenters. The summed E-state index contributed by atoms with van der Waals surface area (Å²) in [7, 11) is 0. The Morgan fingerprint density at radius 2 is 2.07 bits per heavy atom. The first kappa shape index (κ1) is 16.5. The lowest BCUT2D eigenvalue weighted by Crippen LogP contribution is -2.50. The summed E-state index contributed by atoms with van der Waals surface area (Å²) in [6.07, 6.45) is 3.45. The molecule has 0 saturated carbocycles. The van der Waals surface area contributed by atoms with Crippen LogP contribution in [0.4, 0.5) is 0 Å². The molecule has 5 rings (SSSR count). The van der Waals surface area contributed by atoms with E-state index in [1.807, 2.05) is 29.2 Å². The highest BCUT2D eigenvalue weighted by atomic mass is 35.5. The van der Waals surface area contributed by atoms with E-state index in [-0.39, 0.29) is 5.91 Å². The molecule has 27 heavy (non-hydrogen) atoms. The molecule has 1 fully saturated rings. The molecule has 2 aromatic heterocycles. The van der Waals surface area contributed by atoms with Crippen LogP contribution in [-0.4, -0.2) is 57.7 Å². The Hall–Kier alpha value is -2.64. The first-order valence-electron chi connectivity index (χ1n) is 8.98. The van der Waals surface area contributed by atoms with E-state index in [1.165, 1.54) is 0 Å². The van der Waals surface area contributed by atoms with Crippen LogP contribution in [0.1, 0.15) is 5.56 Å². The lowest BCUT2D eigenvalue weighted by Gasteiger charge is -2.29. The van der Waals surface area contributed by atoms with E-state index in [2.05, 4.69) is 15.4 Å². The van der Waals surface area contributed by atoms with Crippen LogP contribution in [0.25, 0.3) is 16.9 Å². The predicted molar refractivity (Wildman–Crippen MR) is 101 cm³/mol. The Labute approximate surface area is 160 Å². The molecule has 1 unspecified atom stereocenters. The summed E-state index contributed by atoms with van der Waals surface area (Å²) in [6, 6.07) is 7.45. The van der Waals surface area contributed by atoms with Crippen LogP contribution in [-0.2, 0) is 11.2 Å². The van der Waals surface area contributed by atoms with Gasteiger partial charge in [0.2, 0.25) is 0 Å². The highest BCUT2D eigenvalue weighted by Crippen LogP contribution is 2.41. The van der Waals surface area contributed by atoms with Crippen molar-refractivity contribution < 1.29 is 9.53 Å². The van der Waals surface area contributed by atoms with Crippen LogP contribution >= 0.6 is 11.6 Å². The van der Waals surface area contributed by atoms with Crippen LogP contribution in [0.3, 0.4) is 0 Å². The molecular formula is C19H18ClN5O2. The summed E-state index contributed by atoms with van der Waals surface area (Å²) in [5.41, 5.74) is 3.35. The third-order valence-corrected chi connectivity index (χ3v) is 5.28. The summed E-state index contributed by atoms with van der Waals surface area (Å²) in [5.74, 6) is 0.740. The molecule has 0 bridgehead atoms. The van der Waals surface area contributed by atoms with Gasteiger partial charge in [-0.25, -0.2) is 9.50 Å². The van der Waals surface area contributed by atoms with Crippen LogP contribution < -0.4 is 10.1 Å². The first-order valence-corrected chi connectivity index (χ1v) is 9.36. The molecule has 7 nitrogen and oxygen atoms in total. The predicted octanol–water partition coefficient (Wildman–Crippen LogP) is 1.78. The van der Waals surface area contributed by atoms with Crippen molar-refractivity contribution in [3.63, 3.8) is 0 Å². The van der Waals surface area contributed by atoms with E-state index in [1.54, 1.807) is 16.9 Å². The molecule has 2 aliphatic heterocycles. The van der Waals surface area contributed by atoms with E-state index in [9.17, 15) is 4.79 Å². The number of carbonyl (C=O) groups is 1. The van der Waals surface area contributed by atoms with Crippen LogP contribution in [0.2, 0.25) is 5.02 Å². The minimum absolute atomic E-state index is 0.0359. The van der Waals surface area contributed by atoms with Gasteiger partial charge < -0.3 is 15.0 Å². The molecule has 138 valence electrons. The molecule has 2 aliphatic rings. The smallest absolute Gasteiger partial charge is 0.264 e. The Morgan fingerprint density at radius 1 is 1.22 bits per heavy atom. The Balaban J connectivity index is 1.53. The molecule has 0 spiro atoms. The van der Waals surface area contributed by atoms with Gasteiger partial charge in [-0.2, -0.15) is 5.10 Å². The van der Waals surface area contributed by atoms with Gasteiger partial charge in [0.25, 0.3) is 5.91 Å². The highest BCUT2D eigenvalue weighted by molar-refractivity contribution is 6.31. The summed E-state index contributed by atoms with van der Waals surface area (Å²) in [5, 5.41) is 8.22. The second kappa shape index (κ2) is 6.51. The van der Waals surface area contributed by atoms with Crippen molar-refractivity contribution in [2.45, 2.75) is 12.5 Å². The zero-order chi connectivity index (χ0) is 18.4. The number of halogens is 1. The number of nitrogens with one attached hydrogen (secondary N) is 1. The van der Waals surface area contributed by atoms with Gasteiger partial charge in [0, 0.05) is 61.0 Å². The molecule has 4 heterocycles. The number of ether oxygens (including phenoxy) is 1. The van der Waals surface area contributed by atoms with Gasteiger partial charge in [-0.15, -0.1) is 0 Å². The molecule has 1 aromatic carbocycles. The second-order valence-corrected chi connectivity index (χ2v) is 7.20. The van der Waals surface area contributed by atoms with Gasteiger partial charge in [-0.3, -0.25) is 4.79 Å². The normalized spacial score (nSPS) is 19.1. The van der Waals surface area contributed by atoms with Crippen molar-refractivity contribution in [1.29, 1.82) is 0 Å². The monoisotopic (exact) mass is 383 g/mol. The number of aromatic nitrogens is 3. The zero-order valence-corrected chi connectivity index (χ0v) is 15.3. The number of benzene rings is 1. The van der Waals surface area contributed by atoms with Crippen molar-refractivity contribution in [2.24, 2.45) is 0 Å². The molecule has 1 amide bonds. The first-order chi connectivity index (χ1) is 13.2. The van der Waals surface area contributed by atoms with Crippen molar-refractivity contribution in [3.05, 3.63) is 47.2 Å². The average molecular weight is 384 g/mol. The minimum Gasteiger partial charge on any atom is -0.479 e. The SMILES string of the molecule is O=C(C1Cc2cc(Cl)cc(-c3ccnc4ccnn34)c2O1)N1CCNCC1. The summed E-state index contributed by atoms with van der Waals surface area (Å²) in [6.45, 7) is 3.05. The van der Waals surface area contributed by atoms with Crippen molar-refractivity contribution in [3.8, 4) is 17.0 Å². The van der Waals surface area contributed by atoms with E-state index in [4.69, 9.17) is 16.3 Å². The third kappa shape index (κ3) is 2.83. The molecule has 1 saturated heterocycles. The Morgan fingerprint density at radius 3 is 2.93 bits per heavy atom. The topological polar surface area (TPSA) is 71.8 Å². The van der Waals surface area contributed by atoms with Crippen LogP contribution in [0.5, 0.6) is 5.75 Å². The minimum atomic E-state index is -0.509. The van der Waals surface area contributed by atoms with Gasteiger partial charge in [0.15, 0.2) is 11.8 Å². The van der Waals surface area contributed by atoms with Crippen molar-refractivity contribution >= 4 is 23.2 Å². The standard InChI is InChI=1S/C19H18ClN5O2/c20-13-9-12-10-16(19(26)24-7-5-21-6-8-24)27-18(12)14(11-13)15-1-3-22-17-2-4-23-25(15)17/h1-4,9,11,16,21H,5-8,10H2. The lowest BCUT2D eigenvalue weighted by molar-refractivity contribution is -0.138. The largest absolute Gasteiger partial charge is 0.479 e. The third-order valence-electron chi connectivity index (χ3n) is 5.07. The second-order valence-electron chi connectivity index (χ2n) is 6.76. The quantitative estimate of drug-likeness (QED) is 0.730. The van der Waals surface area contributed by atoms with Gasteiger partial charge in [-0.05, 0) is 18.2 Å². The fourth-order valence-corrected chi connectivity index (χ4v) is 4.02. The summed E-state index contributed by atoms with van der Waals surface area (Å²) < 4.78 is 7.91. The fraction of sp³-hybridized carbons (Fsp3) is 0.316. The van der Waals surface area contributed by atoms with E-state index in [0.29, 0.717) is 30.3 Å². The van der Waals surface area contributed by atoms with Gasteiger partial charge in [0.1, 0.15) is 5.75 Å². The maximum Gasteiger partial charge on any atom is 0.264 e. The van der Waals surface area contributed by atoms with E-state index < -0.39 is 6.10 Å². The maximum atomic E-state index is 12.9. The summed E-state index contributed by atoms with van der Waals surface area (Å²) >= 11 is 6.38. The Kier molecular flexibility index (Phi) is 3.98. The number of rotatable bonds is 2. The van der Waals surface area contributed by atoms with Gasteiger partial charge in [-0.1, -0.05) is 11.6 Å². The van der Waals surface area contributed by atoms with E-state index in [0.717, 1.165) is 35.6 Å². The van der Waals surface area contributed by atoms with Gasteiger partial charge in [0.05, 0.1) is 11.9 Å².